The zero-order valence-electron chi connectivity index (χ0n) is 11.6. The Kier molecular flexibility index (Phi) is 4.11. The minimum atomic E-state index is 0.208. The van der Waals surface area contributed by atoms with Gasteiger partial charge in [0.05, 0.1) is 6.61 Å². The van der Waals surface area contributed by atoms with Gasteiger partial charge < -0.3 is 10.5 Å². The first-order valence-electron chi connectivity index (χ1n) is 7.06. The monoisotopic (exact) mass is 240 g/mol. The van der Waals surface area contributed by atoms with E-state index < -0.39 is 0 Å². The van der Waals surface area contributed by atoms with Crippen molar-refractivity contribution in [2.24, 2.45) is 11.7 Å². The molecule has 1 saturated heterocycles. The molecule has 0 aromatic heterocycles. The molecular weight excluding hydrogens is 212 g/mol. The largest absolute Gasteiger partial charge is 0.383 e. The van der Waals surface area contributed by atoms with Crippen molar-refractivity contribution in [3.8, 4) is 0 Å². The quantitative estimate of drug-likeness (QED) is 0.802. The van der Waals surface area contributed by atoms with E-state index in [2.05, 4.69) is 18.9 Å². The van der Waals surface area contributed by atoms with Crippen molar-refractivity contribution in [3.05, 3.63) is 0 Å². The molecule has 0 spiro atoms. The molecule has 2 rings (SSSR count). The molecule has 1 aliphatic heterocycles. The number of nitrogens with two attached hydrogens (primary N) is 1. The van der Waals surface area contributed by atoms with Gasteiger partial charge in [0.25, 0.3) is 0 Å². The summed E-state index contributed by atoms with van der Waals surface area (Å²) >= 11 is 0. The van der Waals surface area contributed by atoms with Gasteiger partial charge >= 0.3 is 0 Å². The van der Waals surface area contributed by atoms with E-state index in [-0.39, 0.29) is 5.54 Å². The Balaban J connectivity index is 2.13. The number of nitrogens with zero attached hydrogens (tertiary/aromatic N) is 1. The number of fused-ring (bicyclic) bond motifs is 1. The fraction of sp³-hybridized carbons (Fsp3) is 1.00. The van der Waals surface area contributed by atoms with Gasteiger partial charge in [-0.05, 0) is 45.6 Å². The van der Waals surface area contributed by atoms with Crippen LogP contribution < -0.4 is 5.73 Å². The van der Waals surface area contributed by atoms with Gasteiger partial charge in [-0.25, -0.2) is 0 Å². The van der Waals surface area contributed by atoms with Gasteiger partial charge in [-0.3, -0.25) is 4.90 Å². The molecule has 0 bridgehead atoms. The molecule has 2 aliphatic rings. The van der Waals surface area contributed by atoms with Crippen molar-refractivity contribution in [1.82, 2.24) is 4.90 Å². The molecule has 0 aromatic carbocycles. The van der Waals surface area contributed by atoms with E-state index in [0.717, 1.165) is 6.61 Å². The Morgan fingerprint density at radius 3 is 2.71 bits per heavy atom. The van der Waals surface area contributed by atoms with Crippen LogP contribution in [0.15, 0.2) is 0 Å². The summed E-state index contributed by atoms with van der Waals surface area (Å²) in [5.41, 5.74) is 6.56. The van der Waals surface area contributed by atoms with E-state index in [1.54, 1.807) is 0 Å². The third kappa shape index (κ3) is 2.51. The van der Waals surface area contributed by atoms with Gasteiger partial charge in [0.2, 0.25) is 0 Å². The van der Waals surface area contributed by atoms with Crippen LogP contribution in [0.3, 0.4) is 0 Å². The molecule has 1 aliphatic carbocycles. The van der Waals surface area contributed by atoms with Crippen molar-refractivity contribution in [1.29, 1.82) is 0 Å². The van der Waals surface area contributed by atoms with Crippen LogP contribution in [0.2, 0.25) is 0 Å². The molecule has 4 atom stereocenters. The second-order valence-corrected chi connectivity index (χ2v) is 6.26. The first kappa shape index (κ1) is 13.3. The van der Waals surface area contributed by atoms with E-state index in [1.165, 1.54) is 38.5 Å². The standard InChI is InChI=1S/C14H28N2O/c1-14(10-17-3)9-8-11-12(15)6-4-5-7-13(11)16(14)2/h11-13H,4-10,15H2,1-3H3. The van der Waals surface area contributed by atoms with Gasteiger partial charge in [0.15, 0.2) is 0 Å². The summed E-state index contributed by atoms with van der Waals surface area (Å²) in [4.78, 5) is 2.57. The van der Waals surface area contributed by atoms with Gasteiger partial charge in [-0.2, -0.15) is 0 Å². The van der Waals surface area contributed by atoms with Crippen LogP contribution in [0.25, 0.3) is 0 Å². The molecule has 3 heteroatoms. The SMILES string of the molecule is COCC1(C)CCC2C(N)CCCCC2N1C. The zero-order chi connectivity index (χ0) is 12.5. The second kappa shape index (κ2) is 5.25. The van der Waals surface area contributed by atoms with Crippen LogP contribution in [-0.4, -0.2) is 43.3 Å². The number of likely N-dealkylation sites (tertiary alicyclic amines) is 1. The number of methoxy groups -OCH3 is 1. The Morgan fingerprint density at radius 2 is 2.00 bits per heavy atom. The second-order valence-electron chi connectivity index (χ2n) is 6.26. The van der Waals surface area contributed by atoms with Gasteiger partial charge in [0.1, 0.15) is 0 Å². The highest BCUT2D eigenvalue weighted by atomic mass is 16.5. The predicted octanol–water partition coefficient (Wildman–Crippen LogP) is 2.00. The van der Waals surface area contributed by atoms with Crippen LogP contribution in [0.5, 0.6) is 0 Å². The van der Waals surface area contributed by atoms with Crippen LogP contribution in [-0.2, 0) is 4.74 Å². The normalized spacial score (nSPS) is 44.1. The van der Waals surface area contributed by atoms with Crippen molar-refractivity contribution in [3.63, 3.8) is 0 Å². The van der Waals surface area contributed by atoms with Gasteiger partial charge in [-0.1, -0.05) is 12.8 Å². The number of likely N-dealkylation sites (N-methyl/N-ethyl adjacent to an activating group) is 1. The molecule has 100 valence electrons. The number of ether oxygens (including phenoxy) is 1. The molecule has 2 fully saturated rings. The summed E-state index contributed by atoms with van der Waals surface area (Å²) in [6, 6.07) is 1.08. The Labute approximate surface area is 106 Å². The lowest BCUT2D eigenvalue weighted by Gasteiger charge is -2.51. The lowest BCUT2D eigenvalue weighted by atomic mass is 9.75. The minimum absolute atomic E-state index is 0.208. The van der Waals surface area contributed by atoms with Crippen LogP contribution in [0.1, 0.15) is 45.4 Å². The first-order chi connectivity index (χ1) is 8.08. The molecule has 1 heterocycles. The van der Waals surface area contributed by atoms with Crippen LogP contribution >= 0.6 is 0 Å². The van der Waals surface area contributed by atoms with E-state index in [4.69, 9.17) is 10.5 Å². The Hall–Kier alpha value is -0.120. The highest BCUT2D eigenvalue weighted by Gasteiger charge is 2.44. The van der Waals surface area contributed by atoms with Crippen LogP contribution in [0.4, 0.5) is 0 Å². The summed E-state index contributed by atoms with van der Waals surface area (Å²) in [5, 5.41) is 0. The van der Waals surface area contributed by atoms with E-state index in [9.17, 15) is 0 Å². The lowest BCUT2D eigenvalue weighted by Crippen LogP contribution is -2.60. The maximum absolute atomic E-state index is 6.36. The highest BCUT2D eigenvalue weighted by Crippen LogP contribution is 2.40. The summed E-state index contributed by atoms with van der Waals surface area (Å²) < 4.78 is 5.42. The summed E-state index contributed by atoms with van der Waals surface area (Å²) in [6.07, 6.45) is 7.66. The summed E-state index contributed by atoms with van der Waals surface area (Å²) in [6.45, 7) is 3.17. The molecule has 4 unspecified atom stereocenters. The minimum Gasteiger partial charge on any atom is -0.383 e. The number of piperidine rings is 1. The lowest BCUT2D eigenvalue weighted by molar-refractivity contribution is -0.0490. The van der Waals surface area contributed by atoms with E-state index in [1.807, 2.05) is 7.11 Å². The molecule has 3 nitrogen and oxygen atoms in total. The summed E-state index contributed by atoms with van der Waals surface area (Å²) in [7, 11) is 4.08. The smallest absolute Gasteiger partial charge is 0.0643 e. The van der Waals surface area contributed by atoms with Crippen molar-refractivity contribution in [2.75, 3.05) is 20.8 Å². The Bertz CT molecular complexity index is 259. The Morgan fingerprint density at radius 1 is 1.29 bits per heavy atom. The number of hydrogen-bond donors (Lipinski definition) is 1. The maximum atomic E-state index is 6.36. The fourth-order valence-corrected chi connectivity index (χ4v) is 3.87. The molecule has 1 saturated carbocycles. The molecule has 0 radical (unpaired) electrons. The van der Waals surface area contributed by atoms with Crippen LogP contribution in [0, 0.1) is 5.92 Å². The van der Waals surface area contributed by atoms with Crippen molar-refractivity contribution < 1.29 is 4.74 Å². The fourth-order valence-electron chi connectivity index (χ4n) is 3.87. The van der Waals surface area contributed by atoms with Crippen molar-refractivity contribution >= 4 is 0 Å². The first-order valence-corrected chi connectivity index (χ1v) is 7.06. The molecule has 2 N–H and O–H groups in total. The predicted molar refractivity (Wildman–Crippen MR) is 71.0 cm³/mol. The number of hydrogen-bond acceptors (Lipinski definition) is 3. The molecular formula is C14H28N2O. The maximum Gasteiger partial charge on any atom is 0.0643 e. The summed E-state index contributed by atoms with van der Waals surface area (Å²) in [5.74, 6) is 0.701. The molecule has 0 aromatic rings. The average molecular weight is 240 g/mol. The van der Waals surface area contributed by atoms with Gasteiger partial charge in [0, 0.05) is 24.7 Å². The third-order valence-corrected chi connectivity index (χ3v) is 5.15. The third-order valence-electron chi connectivity index (χ3n) is 5.15. The topological polar surface area (TPSA) is 38.5 Å². The molecule has 17 heavy (non-hydrogen) atoms. The van der Waals surface area contributed by atoms with Crippen molar-refractivity contribution in [2.45, 2.75) is 63.1 Å². The highest BCUT2D eigenvalue weighted by molar-refractivity contribution is 5.00. The van der Waals surface area contributed by atoms with Gasteiger partial charge in [-0.15, -0.1) is 0 Å². The van der Waals surface area contributed by atoms with E-state index in [0.29, 0.717) is 18.0 Å². The number of rotatable bonds is 2. The average Bonchev–Trinajstić information content (AvgIpc) is 2.47. The van der Waals surface area contributed by atoms with E-state index >= 15 is 0 Å². The zero-order valence-corrected chi connectivity index (χ0v) is 11.6. The molecule has 0 amide bonds.